The van der Waals surface area contributed by atoms with E-state index in [1.54, 1.807) is 11.0 Å². The molecule has 0 aliphatic carbocycles. The number of halogens is 1. The molecule has 0 unspecified atom stereocenters. The Labute approximate surface area is 154 Å². The lowest BCUT2D eigenvalue weighted by atomic mass is 10.1. The van der Waals surface area contributed by atoms with Crippen molar-refractivity contribution in [2.45, 2.75) is 33.1 Å². The SMILES string of the molecule is Cc1nn(C)c(C)c1CCC(=O)N(C)CCCOc1cccc(Cl)c1. The number of nitrogens with zero attached hydrogens (tertiary/aromatic N) is 3. The predicted molar refractivity (Wildman–Crippen MR) is 100 cm³/mol. The summed E-state index contributed by atoms with van der Waals surface area (Å²) in [6.07, 6.45) is 2.01. The molecule has 0 aliphatic rings. The van der Waals surface area contributed by atoms with Crippen molar-refractivity contribution in [1.82, 2.24) is 14.7 Å². The molecule has 0 radical (unpaired) electrons. The molecule has 2 aromatic rings. The van der Waals surface area contributed by atoms with E-state index in [1.807, 2.05) is 50.8 Å². The van der Waals surface area contributed by atoms with Crippen LogP contribution in [0.5, 0.6) is 5.75 Å². The number of benzene rings is 1. The first-order valence-electron chi connectivity index (χ1n) is 8.50. The molecule has 0 atom stereocenters. The average Bonchev–Trinajstić information content (AvgIpc) is 2.81. The molecule has 0 bridgehead atoms. The first-order valence-corrected chi connectivity index (χ1v) is 8.87. The van der Waals surface area contributed by atoms with Gasteiger partial charge in [0.25, 0.3) is 0 Å². The Morgan fingerprint density at radius 2 is 2.12 bits per heavy atom. The van der Waals surface area contributed by atoms with Gasteiger partial charge in [0.05, 0.1) is 12.3 Å². The third kappa shape index (κ3) is 5.49. The molecular weight excluding hydrogens is 338 g/mol. The molecule has 0 aliphatic heterocycles. The van der Waals surface area contributed by atoms with Crippen LogP contribution in [-0.4, -0.2) is 40.8 Å². The highest BCUT2D eigenvalue weighted by atomic mass is 35.5. The van der Waals surface area contributed by atoms with E-state index in [4.69, 9.17) is 16.3 Å². The molecular formula is C19H26ClN3O2. The third-order valence-corrected chi connectivity index (χ3v) is 4.61. The summed E-state index contributed by atoms with van der Waals surface area (Å²) in [5.74, 6) is 0.898. The van der Waals surface area contributed by atoms with Gasteiger partial charge in [-0.25, -0.2) is 0 Å². The van der Waals surface area contributed by atoms with Crippen LogP contribution in [-0.2, 0) is 18.3 Å². The molecule has 0 spiro atoms. The normalized spacial score (nSPS) is 10.8. The number of ether oxygens (including phenoxy) is 1. The Bertz CT molecular complexity index is 727. The van der Waals surface area contributed by atoms with E-state index in [0.717, 1.165) is 30.0 Å². The smallest absolute Gasteiger partial charge is 0.222 e. The quantitative estimate of drug-likeness (QED) is 0.674. The highest BCUT2D eigenvalue weighted by Gasteiger charge is 2.13. The molecule has 136 valence electrons. The molecule has 1 aromatic heterocycles. The highest BCUT2D eigenvalue weighted by molar-refractivity contribution is 6.30. The van der Waals surface area contributed by atoms with Gasteiger partial charge in [0.2, 0.25) is 5.91 Å². The van der Waals surface area contributed by atoms with Crippen LogP contribution in [0, 0.1) is 13.8 Å². The van der Waals surface area contributed by atoms with Gasteiger partial charge in [-0.15, -0.1) is 0 Å². The maximum Gasteiger partial charge on any atom is 0.222 e. The first-order chi connectivity index (χ1) is 11.9. The number of aromatic nitrogens is 2. The summed E-state index contributed by atoms with van der Waals surface area (Å²) < 4.78 is 7.51. The number of rotatable bonds is 8. The summed E-state index contributed by atoms with van der Waals surface area (Å²) in [6, 6.07) is 7.33. The van der Waals surface area contributed by atoms with E-state index in [0.29, 0.717) is 24.6 Å². The molecule has 5 nitrogen and oxygen atoms in total. The summed E-state index contributed by atoms with van der Waals surface area (Å²) in [7, 11) is 3.77. The van der Waals surface area contributed by atoms with Gasteiger partial charge in [-0.3, -0.25) is 9.48 Å². The summed E-state index contributed by atoms with van der Waals surface area (Å²) in [6.45, 7) is 5.25. The third-order valence-electron chi connectivity index (χ3n) is 4.38. The van der Waals surface area contributed by atoms with Crippen molar-refractivity contribution in [3.05, 3.63) is 46.2 Å². The van der Waals surface area contributed by atoms with Gasteiger partial charge >= 0.3 is 0 Å². The summed E-state index contributed by atoms with van der Waals surface area (Å²) in [4.78, 5) is 14.1. The largest absolute Gasteiger partial charge is 0.493 e. The topological polar surface area (TPSA) is 47.4 Å². The van der Waals surface area contributed by atoms with Crippen molar-refractivity contribution in [3.63, 3.8) is 0 Å². The second kappa shape index (κ2) is 8.90. The Morgan fingerprint density at radius 1 is 1.36 bits per heavy atom. The Morgan fingerprint density at radius 3 is 2.76 bits per heavy atom. The molecule has 2 rings (SSSR count). The molecule has 1 aromatic carbocycles. The second-order valence-corrected chi connectivity index (χ2v) is 6.68. The second-order valence-electron chi connectivity index (χ2n) is 6.25. The first kappa shape index (κ1) is 19.3. The maximum atomic E-state index is 12.3. The van der Waals surface area contributed by atoms with Crippen LogP contribution in [0.1, 0.15) is 29.8 Å². The Hall–Kier alpha value is -2.01. The number of hydrogen-bond acceptors (Lipinski definition) is 3. The highest BCUT2D eigenvalue weighted by Crippen LogP contribution is 2.17. The molecule has 0 saturated carbocycles. The summed E-state index contributed by atoms with van der Waals surface area (Å²) >= 11 is 5.92. The molecule has 1 heterocycles. The Balaban J connectivity index is 1.71. The van der Waals surface area contributed by atoms with Crippen molar-refractivity contribution < 1.29 is 9.53 Å². The van der Waals surface area contributed by atoms with Crippen LogP contribution in [0.3, 0.4) is 0 Å². The van der Waals surface area contributed by atoms with E-state index in [2.05, 4.69) is 5.10 Å². The van der Waals surface area contributed by atoms with Gasteiger partial charge in [0.15, 0.2) is 0 Å². The van der Waals surface area contributed by atoms with Crippen LogP contribution >= 0.6 is 11.6 Å². The van der Waals surface area contributed by atoms with Crippen LogP contribution in [0.25, 0.3) is 0 Å². The Kier molecular flexibility index (Phi) is 6.88. The molecule has 0 saturated heterocycles. The maximum absolute atomic E-state index is 12.3. The van der Waals surface area contributed by atoms with Crippen molar-refractivity contribution in [2.24, 2.45) is 7.05 Å². The average molecular weight is 364 g/mol. The fraction of sp³-hybridized carbons (Fsp3) is 0.474. The summed E-state index contributed by atoms with van der Waals surface area (Å²) in [5.41, 5.74) is 3.31. The van der Waals surface area contributed by atoms with Gasteiger partial charge < -0.3 is 9.64 Å². The predicted octanol–water partition coefficient (Wildman–Crippen LogP) is 3.55. The number of hydrogen-bond donors (Lipinski definition) is 0. The lowest BCUT2D eigenvalue weighted by Gasteiger charge is -2.17. The number of amides is 1. The lowest BCUT2D eigenvalue weighted by Crippen LogP contribution is -2.28. The van der Waals surface area contributed by atoms with Gasteiger partial charge in [-0.05, 0) is 50.5 Å². The minimum absolute atomic E-state index is 0.144. The molecule has 0 fully saturated rings. The van der Waals surface area contributed by atoms with Crippen molar-refractivity contribution in [3.8, 4) is 5.75 Å². The zero-order chi connectivity index (χ0) is 18.4. The molecule has 6 heteroatoms. The minimum Gasteiger partial charge on any atom is -0.493 e. The fourth-order valence-electron chi connectivity index (χ4n) is 2.78. The van der Waals surface area contributed by atoms with Crippen LogP contribution < -0.4 is 4.74 Å². The van der Waals surface area contributed by atoms with E-state index in [1.165, 1.54) is 5.56 Å². The van der Waals surface area contributed by atoms with Crippen molar-refractivity contribution in [2.75, 3.05) is 20.2 Å². The van der Waals surface area contributed by atoms with Crippen molar-refractivity contribution >= 4 is 17.5 Å². The minimum atomic E-state index is 0.144. The molecule has 0 N–H and O–H groups in total. The summed E-state index contributed by atoms with van der Waals surface area (Å²) in [5, 5.41) is 5.05. The zero-order valence-electron chi connectivity index (χ0n) is 15.4. The van der Waals surface area contributed by atoms with E-state index < -0.39 is 0 Å². The van der Waals surface area contributed by atoms with Gasteiger partial charge in [-0.2, -0.15) is 5.10 Å². The molecule has 1 amide bonds. The van der Waals surface area contributed by atoms with Gasteiger partial charge in [0, 0.05) is 37.8 Å². The van der Waals surface area contributed by atoms with Gasteiger partial charge in [-0.1, -0.05) is 17.7 Å². The van der Waals surface area contributed by atoms with Crippen LogP contribution in [0.2, 0.25) is 5.02 Å². The van der Waals surface area contributed by atoms with E-state index in [-0.39, 0.29) is 5.91 Å². The fourth-order valence-corrected chi connectivity index (χ4v) is 2.96. The van der Waals surface area contributed by atoms with Crippen LogP contribution in [0.4, 0.5) is 0 Å². The van der Waals surface area contributed by atoms with Crippen LogP contribution in [0.15, 0.2) is 24.3 Å². The van der Waals surface area contributed by atoms with E-state index >= 15 is 0 Å². The monoisotopic (exact) mass is 363 g/mol. The standard InChI is InChI=1S/C19H26ClN3O2/c1-14-18(15(2)23(4)21-14)9-10-19(24)22(3)11-6-12-25-17-8-5-7-16(20)13-17/h5,7-8,13H,6,9-12H2,1-4H3. The van der Waals surface area contributed by atoms with Crippen molar-refractivity contribution in [1.29, 1.82) is 0 Å². The lowest BCUT2D eigenvalue weighted by molar-refractivity contribution is -0.129. The number of carbonyl (C=O) groups excluding carboxylic acids is 1. The van der Waals surface area contributed by atoms with E-state index in [9.17, 15) is 4.79 Å². The number of carbonyl (C=O) groups is 1. The zero-order valence-corrected chi connectivity index (χ0v) is 16.1. The van der Waals surface area contributed by atoms with Gasteiger partial charge in [0.1, 0.15) is 5.75 Å². The number of aryl methyl sites for hydroxylation is 2. The molecule has 25 heavy (non-hydrogen) atoms.